The average Bonchev–Trinajstić information content (AvgIpc) is 2.30. The van der Waals surface area contributed by atoms with E-state index in [9.17, 15) is 5.11 Å². The molecule has 1 saturated heterocycles. The third kappa shape index (κ3) is 2.01. The van der Waals surface area contributed by atoms with E-state index in [1.54, 1.807) is 6.20 Å². The maximum Gasteiger partial charge on any atom is 0.134 e. The first-order valence-electron chi connectivity index (χ1n) is 4.79. The Bertz CT molecular complexity index is 300. The van der Waals surface area contributed by atoms with Crippen LogP contribution in [-0.2, 0) is 6.61 Å². The van der Waals surface area contributed by atoms with Crippen LogP contribution < -0.4 is 4.90 Å². The van der Waals surface area contributed by atoms with Crippen molar-refractivity contribution in [3.05, 3.63) is 23.9 Å². The number of nitrogens with zero attached hydrogens (tertiary/aromatic N) is 2. The van der Waals surface area contributed by atoms with Crippen molar-refractivity contribution >= 4 is 17.6 Å². The van der Waals surface area contributed by atoms with Crippen molar-refractivity contribution in [2.45, 2.75) is 6.61 Å². The van der Waals surface area contributed by atoms with Gasteiger partial charge in [-0.05, 0) is 6.07 Å². The summed E-state index contributed by atoms with van der Waals surface area (Å²) in [5.74, 6) is 3.26. The summed E-state index contributed by atoms with van der Waals surface area (Å²) in [5.41, 5.74) is 0.930. The molecule has 1 aliphatic rings. The first kappa shape index (κ1) is 9.80. The molecule has 0 radical (unpaired) electrons. The summed E-state index contributed by atoms with van der Waals surface area (Å²) < 4.78 is 0. The molecule has 1 aromatic heterocycles. The van der Waals surface area contributed by atoms with Gasteiger partial charge in [-0.1, -0.05) is 6.07 Å². The Hall–Kier alpha value is -0.740. The van der Waals surface area contributed by atoms with Crippen molar-refractivity contribution in [1.82, 2.24) is 4.98 Å². The first-order valence-corrected chi connectivity index (χ1v) is 5.95. The lowest BCUT2D eigenvalue weighted by Crippen LogP contribution is -2.33. The second kappa shape index (κ2) is 4.66. The van der Waals surface area contributed by atoms with Crippen LogP contribution in [0.25, 0.3) is 0 Å². The van der Waals surface area contributed by atoms with E-state index in [0.29, 0.717) is 0 Å². The van der Waals surface area contributed by atoms with Gasteiger partial charge in [-0.3, -0.25) is 0 Å². The highest BCUT2D eigenvalue weighted by Crippen LogP contribution is 2.20. The fourth-order valence-corrected chi connectivity index (χ4v) is 2.52. The number of aliphatic hydroxyl groups excluding tert-OH is 1. The number of aromatic nitrogens is 1. The monoisotopic (exact) mass is 210 g/mol. The summed E-state index contributed by atoms with van der Waals surface area (Å²) in [6.07, 6.45) is 1.79. The number of anilines is 1. The van der Waals surface area contributed by atoms with E-state index < -0.39 is 0 Å². The lowest BCUT2D eigenvalue weighted by atomic mass is 10.2. The minimum absolute atomic E-state index is 0.0762. The lowest BCUT2D eigenvalue weighted by molar-refractivity contribution is 0.281. The maximum atomic E-state index is 9.18. The average molecular weight is 210 g/mol. The zero-order valence-electron chi connectivity index (χ0n) is 8.02. The van der Waals surface area contributed by atoms with Crippen molar-refractivity contribution in [2.75, 3.05) is 29.5 Å². The molecule has 1 fully saturated rings. The van der Waals surface area contributed by atoms with Crippen LogP contribution in [0.15, 0.2) is 18.3 Å². The molecule has 0 bridgehead atoms. The Morgan fingerprint density at radius 1 is 1.43 bits per heavy atom. The van der Waals surface area contributed by atoms with Gasteiger partial charge < -0.3 is 10.0 Å². The number of aliphatic hydroxyl groups is 1. The predicted octanol–water partition coefficient (Wildman–Crippen LogP) is 1.13. The number of hydrogen-bond acceptors (Lipinski definition) is 4. The standard InChI is InChI=1S/C10H14N2OS/c13-8-9-2-1-3-11-10(9)12-4-6-14-7-5-12/h1-3,13H,4-8H2. The third-order valence-electron chi connectivity index (χ3n) is 2.35. The molecule has 2 heterocycles. The molecule has 0 aromatic carbocycles. The molecular weight excluding hydrogens is 196 g/mol. The summed E-state index contributed by atoms with van der Waals surface area (Å²) in [5, 5.41) is 9.18. The van der Waals surface area contributed by atoms with Crippen molar-refractivity contribution < 1.29 is 5.11 Å². The summed E-state index contributed by atoms with van der Waals surface area (Å²) in [6.45, 7) is 2.15. The third-order valence-corrected chi connectivity index (χ3v) is 3.29. The summed E-state index contributed by atoms with van der Waals surface area (Å²) in [6, 6.07) is 3.80. The molecule has 0 aliphatic carbocycles. The van der Waals surface area contributed by atoms with Gasteiger partial charge in [-0.15, -0.1) is 0 Å². The molecule has 0 amide bonds. The number of rotatable bonds is 2. The zero-order valence-corrected chi connectivity index (χ0v) is 8.83. The number of pyridine rings is 1. The quantitative estimate of drug-likeness (QED) is 0.794. The Morgan fingerprint density at radius 3 is 2.93 bits per heavy atom. The molecule has 0 saturated carbocycles. The van der Waals surface area contributed by atoms with Crippen LogP contribution >= 0.6 is 11.8 Å². The topological polar surface area (TPSA) is 36.4 Å². The van der Waals surface area contributed by atoms with Gasteiger partial charge in [0.05, 0.1) is 6.61 Å². The van der Waals surface area contributed by atoms with E-state index in [4.69, 9.17) is 0 Å². The molecule has 0 atom stereocenters. The van der Waals surface area contributed by atoms with Crippen molar-refractivity contribution in [2.24, 2.45) is 0 Å². The van der Waals surface area contributed by atoms with Gasteiger partial charge in [0.25, 0.3) is 0 Å². The Balaban J connectivity index is 2.20. The second-order valence-corrected chi connectivity index (χ2v) is 4.47. The van der Waals surface area contributed by atoms with Gasteiger partial charge in [-0.2, -0.15) is 11.8 Å². The fourth-order valence-electron chi connectivity index (χ4n) is 1.61. The SMILES string of the molecule is OCc1cccnc1N1CCSCC1. The lowest BCUT2D eigenvalue weighted by Gasteiger charge is -2.28. The normalized spacial score (nSPS) is 17.1. The molecule has 1 aromatic rings. The molecule has 2 rings (SSSR count). The fraction of sp³-hybridized carbons (Fsp3) is 0.500. The molecule has 0 spiro atoms. The highest BCUT2D eigenvalue weighted by molar-refractivity contribution is 7.99. The molecule has 14 heavy (non-hydrogen) atoms. The van der Waals surface area contributed by atoms with E-state index in [0.717, 1.165) is 36.0 Å². The van der Waals surface area contributed by atoms with Crippen LogP contribution in [0.3, 0.4) is 0 Å². The van der Waals surface area contributed by atoms with Gasteiger partial charge in [0, 0.05) is 36.4 Å². The number of thioether (sulfide) groups is 1. The van der Waals surface area contributed by atoms with Crippen LogP contribution in [0.2, 0.25) is 0 Å². The molecule has 4 heteroatoms. The summed E-state index contributed by atoms with van der Waals surface area (Å²) in [4.78, 5) is 6.58. The van der Waals surface area contributed by atoms with Crippen LogP contribution in [0.4, 0.5) is 5.82 Å². The van der Waals surface area contributed by atoms with Crippen LogP contribution in [0.1, 0.15) is 5.56 Å². The molecule has 1 N–H and O–H groups in total. The molecule has 0 unspecified atom stereocenters. The second-order valence-electron chi connectivity index (χ2n) is 3.24. The minimum atomic E-state index is 0.0762. The van der Waals surface area contributed by atoms with Crippen LogP contribution in [0.5, 0.6) is 0 Å². The van der Waals surface area contributed by atoms with Crippen molar-refractivity contribution in [3.63, 3.8) is 0 Å². The molecule has 3 nitrogen and oxygen atoms in total. The summed E-state index contributed by atoms with van der Waals surface area (Å²) in [7, 11) is 0. The maximum absolute atomic E-state index is 9.18. The van der Waals surface area contributed by atoms with Gasteiger partial charge in [0.15, 0.2) is 0 Å². The van der Waals surface area contributed by atoms with Crippen LogP contribution in [-0.4, -0.2) is 34.7 Å². The van der Waals surface area contributed by atoms with Crippen LogP contribution in [0, 0.1) is 0 Å². The highest BCUT2D eigenvalue weighted by atomic mass is 32.2. The zero-order chi connectivity index (χ0) is 9.80. The van der Waals surface area contributed by atoms with Gasteiger partial charge in [0.2, 0.25) is 0 Å². The highest BCUT2D eigenvalue weighted by Gasteiger charge is 2.14. The molecule has 76 valence electrons. The smallest absolute Gasteiger partial charge is 0.134 e. The Labute approximate surface area is 88.1 Å². The number of hydrogen-bond donors (Lipinski definition) is 1. The van der Waals surface area contributed by atoms with Crippen molar-refractivity contribution in [3.8, 4) is 0 Å². The molecule has 1 aliphatic heterocycles. The largest absolute Gasteiger partial charge is 0.392 e. The van der Waals surface area contributed by atoms with Gasteiger partial charge in [-0.25, -0.2) is 4.98 Å². The van der Waals surface area contributed by atoms with E-state index in [1.165, 1.54) is 0 Å². The van der Waals surface area contributed by atoms with Gasteiger partial charge >= 0.3 is 0 Å². The Kier molecular flexibility index (Phi) is 3.26. The van der Waals surface area contributed by atoms with E-state index in [-0.39, 0.29) is 6.61 Å². The van der Waals surface area contributed by atoms with E-state index in [2.05, 4.69) is 9.88 Å². The molecular formula is C10H14N2OS. The predicted molar refractivity (Wildman–Crippen MR) is 59.7 cm³/mol. The van der Waals surface area contributed by atoms with Gasteiger partial charge in [0.1, 0.15) is 5.82 Å². The minimum Gasteiger partial charge on any atom is -0.392 e. The van der Waals surface area contributed by atoms with E-state index >= 15 is 0 Å². The van der Waals surface area contributed by atoms with E-state index in [1.807, 2.05) is 23.9 Å². The first-order chi connectivity index (χ1) is 6.92. The summed E-state index contributed by atoms with van der Waals surface area (Å²) >= 11 is 1.97. The Morgan fingerprint density at radius 2 is 2.21 bits per heavy atom. The van der Waals surface area contributed by atoms with Crippen molar-refractivity contribution in [1.29, 1.82) is 0 Å².